The van der Waals surface area contributed by atoms with Crippen LogP contribution in [0.3, 0.4) is 0 Å². The van der Waals surface area contributed by atoms with Gasteiger partial charge in [0.25, 0.3) is 5.56 Å². The number of carbonyl (C=O) groups excluding carboxylic acids is 4. The van der Waals surface area contributed by atoms with Crippen LogP contribution < -0.4 is 15.6 Å². The Balaban J connectivity index is 1.13. The standard InChI is InChI=1S/C39H45N5O10/c1-3-25-26-18-24(53-38(51)43-16-12-23(13-17-43)42-14-6-5-7-15-42)8-9-30(26)41-35-27(25)21-44-31(35)19-29-28(36(44)49)22-52-37(50)39(29,4-2)54-34(48)20-40-32(45)10-11-33(46)47/h8-9,18-19,23H,3-7,10-17,20-22H2,1-2H3,(H,40,45)(H,46,47)/t39-/m0/s1. The largest absolute Gasteiger partial charge is 0.481 e. The van der Waals surface area contributed by atoms with Crippen molar-refractivity contribution >= 4 is 40.8 Å². The molecule has 6 heterocycles. The number of carboxylic acid groups (broad SMARTS) is 1. The molecule has 54 heavy (non-hydrogen) atoms. The van der Waals surface area contributed by atoms with Gasteiger partial charge in [0.15, 0.2) is 0 Å². The number of benzene rings is 1. The number of pyridine rings is 2. The molecule has 0 unspecified atom stereocenters. The van der Waals surface area contributed by atoms with E-state index < -0.39 is 47.9 Å². The van der Waals surface area contributed by atoms with Crippen LogP contribution >= 0.6 is 0 Å². The Morgan fingerprint density at radius 3 is 2.46 bits per heavy atom. The highest BCUT2D eigenvalue weighted by molar-refractivity contribution is 5.91. The number of carbonyl (C=O) groups is 5. The van der Waals surface area contributed by atoms with Crippen LogP contribution in [0.15, 0.2) is 29.1 Å². The summed E-state index contributed by atoms with van der Waals surface area (Å²) in [5, 5.41) is 11.9. The summed E-state index contributed by atoms with van der Waals surface area (Å²) in [4.78, 5) is 85.8. The van der Waals surface area contributed by atoms with Crippen molar-refractivity contribution in [1.29, 1.82) is 0 Å². The summed E-state index contributed by atoms with van der Waals surface area (Å²) >= 11 is 0. The van der Waals surface area contributed by atoms with Gasteiger partial charge >= 0.3 is 24.0 Å². The number of hydrogen-bond donors (Lipinski definition) is 2. The number of aliphatic carboxylic acids is 1. The third kappa shape index (κ3) is 6.92. The molecule has 0 spiro atoms. The van der Waals surface area contributed by atoms with Crippen molar-refractivity contribution in [3.8, 4) is 17.1 Å². The second kappa shape index (κ2) is 15.2. The molecule has 2 saturated heterocycles. The van der Waals surface area contributed by atoms with Crippen LogP contribution in [0.4, 0.5) is 4.79 Å². The number of rotatable bonds is 10. The normalized spacial score (nSPS) is 19.7. The van der Waals surface area contributed by atoms with Gasteiger partial charge in [0.1, 0.15) is 18.9 Å². The Labute approximate surface area is 311 Å². The molecular formula is C39H45N5O10. The second-order valence-corrected chi connectivity index (χ2v) is 14.3. The summed E-state index contributed by atoms with van der Waals surface area (Å²) in [6.07, 6.45) is 5.06. The van der Waals surface area contributed by atoms with E-state index in [9.17, 15) is 28.8 Å². The van der Waals surface area contributed by atoms with E-state index in [1.807, 2.05) is 13.0 Å². The lowest BCUT2D eigenvalue weighted by Gasteiger charge is -2.39. The predicted octanol–water partition coefficient (Wildman–Crippen LogP) is 3.62. The van der Waals surface area contributed by atoms with Crippen LogP contribution in [-0.2, 0) is 53.8 Å². The van der Waals surface area contributed by atoms with Gasteiger partial charge in [-0.25, -0.2) is 14.6 Å². The van der Waals surface area contributed by atoms with Gasteiger partial charge in [-0.05, 0) is 81.4 Å². The number of amides is 2. The molecular weight excluding hydrogens is 698 g/mol. The molecule has 7 rings (SSSR count). The molecule has 15 heteroatoms. The number of aryl methyl sites for hydroxylation is 1. The smallest absolute Gasteiger partial charge is 0.415 e. The Kier molecular flexibility index (Phi) is 10.4. The molecule has 2 fully saturated rings. The second-order valence-electron chi connectivity index (χ2n) is 14.3. The highest BCUT2D eigenvalue weighted by atomic mass is 16.6. The molecule has 4 aliphatic heterocycles. The molecule has 4 aliphatic rings. The zero-order chi connectivity index (χ0) is 38.1. The third-order valence-electron chi connectivity index (χ3n) is 11.2. The lowest BCUT2D eigenvalue weighted by molar-refractivity contribution is -0.189. The van der Waals surface area contributed by atoms with E-state index in [-0.39, 0.29) is 43.2 Å². The number of nitrogens with one attached hydrogen (secondary N) is 1. The van der Waals surface area contributed by atoms with E-state index in [1.165, 1.54) is 19.3 Å². The van der Waals surface area contributed by atoms with Gasteiger partial charge in [-0.2, -0.15) is 0 Å². The van der Waals surface area contributed by atoms with Crippen LogP contribution in [0.5, 0.6) is 5.75 Å². The molecule has 2 N–H and O–H groups in total. The highest BCUT2D eigenvalue weighted by Crippen LogP contribution is 2.42. The zero-order valence-corrected chi connectivity index (χ0v) is 30.6. The number of likely N-dealkylation sites (tertiary alicyclic amines) is 2. The predicted molar refractivity (Wildman–Crippen MR) is 194 cm³/mol. The van der Waals surface area contributed by atoms with Crippen LogP contribution in [0.2, 0.25) is 0 Å². The highest BCUT2D eigenvalue weighted by Gasteiger charge is 2.50. The number of esters is 2. The summed E-state index contributed by atoms with van der Waals surface area (Å²) in [6.45, 7) is 6.50. The van der Waals surface area contributed by atoms with Crippen molar-refractivity contribution in [1.82, 2.24) is 24.7 Å². The van der Waals surface area contributed by atoms with Crippen molar-refractivity contribution in [2.75, 3.05) is 32.7 Å². The monoisotopic (exact) mass is 743 g/mol. The molecule has 286 valence electrons. The molecule has 2 amide bonds. The molecule has 2 aromatic heterocycles. The van der Waals surface area contributed by atoms with Crippen LogP contribution in [0.25, 0.3) is 22.3 Å². The van der Waals surface area contributed by atoms with Crippen molar-refractivity contribution in [2.24, 2.45) is 0 Å². The quantitative estimate of drug-likeness (QED) is 0.225. The molecule has 3 aromatic rings. The van der Waals surface area contributed by atoms with Crippen molar-refractivity contribution in [3.63, 3.8) is 0 Å². The fraction of sp³-hybridized carbons (Fsp3) is 0.513. The van der Waals surface area contributed by atoms with Crippen LogP contribution in [0.1, 0.15) is 87.5 Å². The third-order valence-corrected chi connectivity index (χ3v) is 11.2. The number of hydrogen-bond acceptors (Lipinski definition) is 11. The molecule has 0 radical (unpaired) electrons. The van der Waals surface area contributed by atoms with Crippen molar-refractivity contribution in [2.45, 2.75) is 96.4 Å². The van der Waals surface area contributed by atoms with E-state index in [0.29, 0.717) is 48.2 Å². The number of piperidine rings is 2. The fourth-order valence-electron chi connectivity index (χ4n) is 8.34. The first-order chi connectivity index (χ1) is 26.0. The lowest BCUT2D eigenvalue weighted by Crippen LogP contribution is -2.48. The first kappa shape index (κ1) is 37.0. The lowest BCUT2D eigenvalue weighted by atomic mass is 9.85. The number of aromatic nitrogens is 2. The van der Waals surface area contributed by atoms with Gasteiger partial charge in [0.2, 0.25) is 11.5 Å². The average molecular weight is 744 g/mol. The molecule has 0 bridgehead atoms. The van der Waals surface area contributed by atoms with Crippen LogP contribution in [0, 0.1) is 0 Å². The maximum absolute atomic E-state index is 14.1. The summed E-state index contributed by atoms with van der Waals surface area (Å²) in [6, 6.07) is 7.50. The van der Waals surface area contributed by atoms with Gasteiger partial charge in [-0.15, -0.1) is 0 Å². The summed E-state index contributed by atoms with van der Waals surface area (Å²) in [5.74, 6) is -3.22. The topological polar surface area (TPSA) is 187 Å². The molecule has 0 saturated carbocycles. The number of cyclic esters (lactones) is 1. The molecule has 15 nitrogen and oxygen atoms in total. The Hall–Kier alpha value is -5.31. The minimum absolute atomic E-state index is 0.0589. The minimum Gasteiger partial charge on any atom is -0.481 e. The van der Waals surface area contributed by atoms with Gasteiger partial charge in [-0.1, -0.05) is 20.3 Å². The fourth-order valence-corrected chi connectivity index (χ4v) is 8.34. The van der Waals surface area contributed by atoms with Gasteiger partial charge in [0.05, 0.1) is 35.4 Å². The minimum atomic E-state index is -1.96. The first-order valence-corrected chi connectivity index (χ1v) is 18.8. The molecule has 1 atom stereocenters. The molecule has 0 aliphatic carbocycles. The zero-order valence-electron chi connectivity index (χ0n) is 30.6. The molecule has 1 aromatic carbocycles. The summed E-state index contributed by atoms with van der Waals surface area (Å²) < 4.78 is 18.6. The van der Waals surface area contributed by atoms with Crippen LogP contribution in [-0.4, -0.2) is 93.1 Å². The number of fused-ring (bicyclic) bond motifs is 5. The van der Waals surface area contributed by atoms with E-state index in [1.54, 1.807) is 34.6 Å². The number of carboxylic acids is 1. The van der Waals surface area contributed by atoms with E-state index in [2.05, 4.69) is 10.2 Å². The van der Waals surface area contributed by atoms with E-state index >= 15 is 0 Å². The van der Waals surface area contributed by atoms with Gasteiger partial charge in [0, 0.05) is 42.1 Å². The summed E-state index contributed by atoms with van der Waals surface area (Å²) in [7, 11) is 0. The van der Waals surface area contributed by atoms with E-state index in [0.717, 1.165) is 42.4 Å². The Morgan fingerprint density at radius 1 is 1.00 bits per heavy atom. The van der Waals surface area contributed by atoms with Gasteiger partial charge < -0.3 is 39.0 Å². The maximum Gasteiger partial charge on any atom is 0.415 e. The number of ether oxygens (including phenoxy) is 3. The Morgan fingerprint density at radius 2 is 1.76 bits per heavy atom. The first-order valence-electron chi connectivity index (χ1n) is 18.8. The average Bonchev–Trinajstić information content (AvgIpc) is 3.55. The van der Waals surface area contributed by atoms with E-state index in [4.69, 9.17) is 24.3 Å². The number of nitrogens with zero attached hydrogens (tertiary/aromatic N) is 4. The van der Waals surface area contributed by atoms with Gasteiger partial charge in [-0.3, -0.25) is 19.2 Å². The summed E-state index contributed by atoms with van der Waals surface area (Å²) in [5.41, 5.74) is 1.41. The van der Waals surface area contributed by atoms with Crippen molar-refractivity contribution in [3.05, 3.63) is 56.9 Å². The van der Waals surface area contributed by atoms with Crippen molar-refractivity contribution < 1.29 is 43.3 Å². The SMILES string of the molecule is CCc1c2c(nc3ccc(OC(=O)N4CCC(N5CCCCC5)CC4)cc13)-c1cc3c(c(=O)n1C2)COC(=O)[C@@]3(CC)OC(=O)CNC(=O)CCC(=O)O. The Bertz CT molecular complexity index is 2080. The maximum atomic E-state index is 14.1.